The van der Waals surface area contributed by atoms with Crippen LogP contribution < -0.4 is 5.32 Å². The van der Waals surface area contributed by atoms with Gasteiger partial charge in [-0.15, -0.1) is 0 Å². The minimum Gasteiger partial charge on any atom is -0.325 e. The summed E-state index contributed by atoms with van der Waals surface area (Å²) in [5, 5.41) is 3.26. The molecule has 0 fully saturated rings. The van der Waals surface area contributed by atoms with E-state index in [9.17, 15) is 0 Å². The lowest BCUT2D eigenvalue weighted by atomic mass is 10.00. The van der Waals surface area contributed by atoms with Gasteiger partial charge in [-0.25, -0.2) is 15.0 Å². The fraction of sp³-hybridized carbons (Fsp3) is 0.200. The average Bonchev–Trinajstić information content (AvgIpc) is 2.79. The molecule has 1 aliphatic heterocycles. The van der Waals surface area contributed by atoms with Gasteiger partial charge in [0.25, 0.3) is 0 Å². The first-order valence-electron chi connectivity index (χ1n) is 10.5. The van der Waals surface area contributed by atoms with E-state index in [1.165, 1.54) is 16.8 Å². The second-order valence-corrected chi connectivity index (χ2v) is 7.82. The fourth-order valence-electron chi connectivity index (χ4n) is 3.95. The summed E-state index contributed by atoms with van der Waals surface area (Å²) in [5.74, 6) is 2.20. The molecule has 1 aliphatic rings. The monoisotopic (exact) mass is 408 g/mol. The number of rotatable bonds is 5. The molecule has 0 atom stereocenters. The molecular weight excluding hydrogens is 384 g/mol. The summed E-state index contributed by atoms with van der Waals surface area (Å²) in [7, 11) is 0. The highest BCUT2D eigenvalue weighted by Gasteiger charge is 2.18. The highest BCUT2D eigenvalue weighted by molar-refractivity contribution is 5.68. The van der Waals surface area contributed by atoms with Gasteiger partial charge < -0.3 is 5.32 Å². The normalized spacial score (nSPS) is 13.6. The Morgan fingerprint density at radius 1 is 0.903 bits per heavy atom. The van der Waals surface area contributed by atoms with Crippen LogP contribution in [0, 0.1) is 6.92 Å². The van der Waals surface area contributed by atoms with Gasteiger partial charge in [0.1, 0.15) is 17.5 Å². The fourth-order valence-corrected chi connectivity index (χ4v) is 3.95. The zero-order chi connectivity index (χ0) is 21.0. The highest BCUT2D eigenvalue weighted by Crippen LogP contribution is 2.27. The summed E-state index contributed by atoms with van der Waals surface area (Å²) in [6.07, 6.45) is 6.51. The van der Waals surface area contributed by atoms with E-state index in [1.807, 2.05) is 37.5 Å². The molecule has 4 heterocycles. The molecule has 1 aromatic carbocycles. The number of fused-ring (bicyclic) bond motifs is 1. The number of aryl methyl sites for hydroxylation is 1. The van der Waals surface area contributed by atoms with E-state index in [1.54, 1.807) is 6.20 Å². The van der Waals surface area contributed by atoms with Crippen LogP contribution in [0.2, 0.25) is 0 Å². The number of pyridine rings is 2. The summed E-state index contributed by atoms with van der Waals surface area (Å²) in [6, 6.07) is 18.8. The maximum Gasteiger partial charge on any atom is 0.135 e. The Balaban J connectivity index is 1.35. The number of aromatic nitrogens is 4. The third-order valence-corrected chi connectivity index (χ3v) is 5.49. The first-order chi connectivity index (χ1) is 15.2. The second-order valence-electron chi connectivity index (χ2n) is 7.82. The third-order valence-electron chi connectivity index (χ3n) is 5.49. The Hall–Kier alpha value is -3.64. The Morgan fingerprint density at radius 3 is 2.65 bits per heavy atom. The van der Waals surface area contributed by atoms with Crippen LogP contribution in [0.3, 0.4) is 0 Å². The molecule has 6 heteroatoms. The predicted molar refractivity (Wildman–Crippen MR) is 122 cm³/mol. The van der Waals surface area contributed by atoms with Gasteiger partial charge in [0, 0.05) is 55.9 Å². The van der Waals surface area contributed by atoms with Crippen molar-refractivity contribution in [3.63, 3.8) is 0 Å². The minimum absolute atomic E-state index is 0.722. The molecule has 0 spiro atoms. The van der Waals surface area contributed by atoms with E-state index in [0.29, 0.717) is 0 Å². The highest BCUT2D eigenvalue weighted by atomic mass is 15.1. The van der Waals surface area contributed by atoms with Crippen molar-refractivity contribution in [2.24, 2.45) is 0 Å². The van der Waals surface area contributed by atoms with Crippen LogP contribution in [0.5, 0.6) is 0 Å². The first kappa shape index (κ1) is 19.3. The van der Waals surface area contributed by atoms with Crippen LogP contribution in [-0.4, -0.2) is 31.4 Å². The van der Waals surface area contributed by atoms with Crippen LogP contribution in [0.4, 0.5) is 11.6 Å². The number of hydrogen-bond acceptors (Lipinski definition) is 6. The molecule has 31 heavy (non-hydrogen) atoms. The standard InChI is InChI=1S/C25H24N6/c1-18-26-11-8-24(29-18)30-25-14-20(7-10-27-25)21-13-22-17-31(12-9-23(22)28-15-21)16-19-5-3-2-4-6-19/h2-8,10-11,13-15H,9,12,16-17H2,1H3,(H,26,27,29,30). The quantitative estimate of drug-likeness (QED) is 0.523. The van der Waals surface area contributed by atoms with Crippen molar-refractivity contribution in [2.75, 3.05) is 11.9 Å². The minimum atomic E-state index is 0.722. The molecule has 0 aliphatic carbocycles. The maximum absolute atomic E-state index is 4.77. The molecule has 4 aromatic rings. The molecule has 1 N–H and O–H groups in total. The van der Waals surface area contributed by atoms with Crippen molar-refractivity contribution < 1.29 is 0 Å². The summed E-state index contributed by atoms with van der Waals surface area (Å²) in [4.78, 5) is 20.2. The van der Waals surface area contributed by atoms with Crippen molar-refractivity contribution >= 4 is 11.6 Å². The number of hydrogen-bond donors (Lipinski definition) is 1. The largest absolute Gasteiger partial charge is 0.325 e. The predicted octanol–water partition coefficient (Wildman–Crippen LogP) is 4.54. The average molecular weight is 409 g/mol. The Labute approximate surface area is 182 Å². The maximum atomic E-state index is 4.77. The van der Waals surface area contributed by atoms with Crippen LogP contribution in [-0.2, 0) is 19.5 Å². The molecular formula is C25H24N6. The Morgan fingerprint density at radius 2 is 1.77 bits per heavy atom. The van der Waals surface area contributed by atoms with E-state index >= 15 is 0 Å². The van der Waals surface area contributed by atoms with Gasteiger partial charge in [0.2, 0.25) is 0 Å². The molecule has 0 radical (unpaired) electrons. The lowest BCUT2D eigenvalue weighted by Crippen LogP contribution is -2.30. The van der Waals surface area contributed by atoms with Crippen molar-refractivity contribution in [3.8, 4) is 11.1 Å². The third kappa shape index (κ3) is 4.59. The van der Waals surface area contributed by atoms with Crippen molar-refractivity contribution in [1.29, 1.82) is 0 Å². The molecule has 0 unspecified atom stereocenters. The molecule has 154 valence electrons. The summed E-state index contributed by atoms with van der Waals surface area (Å²) in [5.41, 5.74) is 6.04. The number of benzene rings is 1. The topological polar surface area (TPSA) is 66.8 Å². The van der Waals surface area contributed by atoms with E-state index in [0.717, 1.165) is 54.6 Å². The van der Waals surface area contributed by atoms with E-state index in [2.05, 4.69) is 61.6 Å². The molecule has 0 saturated heterocycles. The van der Waals surface area contributed by atoms with Crippen molar-refractivity contribution in [2.45, 2.75) is 26.4 Å². The molecule has 0 saturated carbocycles. The van der Waals surface area contributed by atoms with E-state index < -0.39 is 0 Å². The van der Waals surface area contributed by atoms with Gasteiger partial charge in [-0.3, -0.25) is 9.88 Å². The van der Waals surface area contributed by atoms with Crippen LogP contribution in [0.15, 0.2) is 73.2 Å². The summed E-state index contributed by atoms with van der Waals surface area (Å²) < 4.78 is 0. The smallest absolute Gasteiger partial charge is 0.135 e. The SMILES string of the molecule is Cc1nccc(Nc2cc(-c3cnc4c(c3)CN(Cc3ccccc3)CC4)ccn2)n1. The van der Waals surface area contributed by atoms with Gasteiger partial charge in [-0.2, -0.15) is 0 Å². The lowest BCUT2D eigenvalue weighted by Gasteiger charge is -2.28. The molecule has 6 nitrogen and oxygen atoms in total. The second kappa shape index (κ2) is 8.62. The number of anilines is 2. The van der Waals surface area contributed by atoms with E-state index in [-0.39, 0.29) is 0 Å². The lowest BCUT2D eigenvalue weighted by molar-refractivity contribution is 0.243. The van der Waals surface area contributed by atoms with Gasteiger partial charge >= 0.3 is 0 Å². The first-order valence-corrected chi connectivity index (χ1v) is 10.5. The number of nitrogens with one attached hydrogen (secondary N) is 1. The van der Waals surface area contributed by atoms with Crippen LogP contribution >= 0.6 is 0 Å². The van der Waals surface area contributed by atoms with Crippen LogP contribution in [0.1, 0.15) is 22.6 Å². The number of nitrogens with zero attached hydrogens (tertiary/aromatic N) is 5. The van der Waals surface area contributed by atoms with Gasteiger partial charge in [-0.05, 0) is 47.9 Å². The van der Waals surface area contributed by atoms with E-state index in [4.69, 9.17) is 4.98 Å². The van der Waals surface area contributed by atoms with Gasteiger partial charge in [-0.1, -0.05) is 30.3 Å². The molecule has 0 bridgehead atoms. The Bertz CT molecular complexity index is 1190. The molecule has 5 rings (SSSR count). The molecule has 0 amide bonds. The van der Waals surface area contributed by atoms with Crippen molar-refractivity contribution in [1.82, 2.24) is 24.8 Å². The zero-order valence-corrected chi connectivity index (χ0v) is 17.5. The van der Waals surface area contributed by atoms with Gasteiger partial charge in [0.05, 0.1) is 0 Å². The summed E-state index contributed by atoms with van der Waals surface area (Å²) in [6.45, 7) is 4.79. The van der Waals surface area contributed by atoms with Gasteiger partial charge in [0.15, 0.2) is 0 Å². The summed E-state index contributed by atoms with van der Waals surface area (Å²) >= 11 is 0. The van der Waals surface area contributed by atoms with Crippen molar-refractivity contribution in [3.05, 3.63) is 95.8 Å². The van der Waals surface area contributed by atoms with Crippen LogP contribution in [0.25, 0.3) is 11.1 Å². The zero-order valence-electron chi connectivity index (χ0n) is 17.5. The molecule has 3 aromatic heterocycles. The Kier molecular flexibility index (Phi) is 5.37.